The van der Waals surface area contributed by atoms with E-state index in [1.165, 1.54) is 23.1 Å². The van der Waals surface area contributed by atoms with E-state index in [1.54, 1.807) is 6.20 Å². The van der Waals surface area contributed by atoms with Crippen LogP contribution in [0.4, 0.5) is 0 Å². The Bertz CT molecular complexity index is 274. The van der Waals surface area contributed by atoms with Gasteiger partial charge in [-0.2, -0.15) is 0 Å². The van der Waals surface area contributed by atoms with Gasteiger partial charge in [0, 0.05) is 6.54 Å². The lowest BCUT2D eigenvalue weighted by Crippen LogP contribution is -1.96. The third-order valence-electron chi connectivity index (χ3n) is 2.86. The Balaban J connectivity index is 2.24. The third kappa shape index (κ3) is 4.24. The Morgan fingerprint density at radius 3 is 3.00 bits per heavy atom. The molecule has 0 aromatic carbocycles. The number of rotatable bonds is 6. The maximum atomic E-state index is 5.53. The summed E-state index contributed by atoms with van der Waals surface area (Å²) in [5.74, 6) is 0. The van der Waals surface area contributed by atoms with E-state index >= 15 is 0 Å². The average molecular weight is 206 g/mol. The monoisotopic (exact) mass is 206 g/mol. The third-order valence-corrected chi connectivity index (χ3v) is 2.86. The molecule has 2 heteroatoms. The highest BCUT2D eigenvalue weighted by atomic mass is 14.8. The summed E-state index contributed by atoms with van der Waals surface area (Å²) >= 11 is 0. The molecule has 1 aliphatic heterocycles. The van der Waals surface area contributed by atoms with Crippen LogP contribution in [-0.4, -0.2) is 6.54 Å². The molecule has 84 valence electrons. The fraction of sp³-hybridized carbons (Fsp3) is 0.538. The molecule has 1 heterocycles. The van der Waals surface area contributed by atoms with Crippen LogP contribution < -0.4 is 11.1 Å². The van der Waals surface area contributed by atoms with Crippen molar-refractivity contribution in [2.24, 2.45) is 5.73 Å². The van der Waals surface area contributed by atoms with E-state index in [0.717, 1.165) is 32.2 Å². The molecule has 0 aliphatic carbocycles. The van der Waals surface area contributed by atoms with Gasteiger partial charge in [0.25, 0.3) is 0 Å². The zero-order chi connectivity index (χ0) is 11.1. The van der Waals surface area contributed by atoms with E-state index in [9.17, 15) is 0 Å². The average Bonchev–Trinajstić information content (AvgIpc) is 2.75. The number of hydrogen-bond donors (Lipinski definition) is 2. The molecular formula is C13H22N2. The van der Waals surface area contributed by atoms with Crippen LogP contribution in [0.5, 0.6) is 0 Å². The van der Waals surface area contributed by atoms with Gasteiger partial charge in [-0.3, -0.25) is 0 Å². The molecule has 2 nitrogen and oxygen atoms in total. The molecule has 0 aromatic heterocycles. The Labute approximate surface area is 92.9 Å². The minimum absolute atomic E-state index is 0.966. The summed E-state index contributed by atoms with van der Waals surface area (Å²) in [5, 5.41) is 3.24. The Hall–Kier alpha value is -1.18. The van der Waals surface area contributed by atoms with Gasteiger partial charge in [-0.05, 0) is 44.5 Å². The van der Waals surface area contributed by atoms with Crippen molar-refractivity contribution in [2.45, 2.75) is 39.0 Å². The molecule has 15 heavy (non-hydrogen) atoms. The van der Waals surface area contributed by atoms with Gasteiger partial charge in [0.15, 0.2) is 0 Å². The Kier molecular flexibility index (Phi) is 5.02. The highest BCUT2D eigenvalue weighted by Crippen LogP contribution is 2.20. The predicted octanol–water partition coefficient (Wildman–Crippen LogP) is 2.84. The van der Waals surface area contributed by atoms with Gasteiger partial charge in [-0.15, -0.1) is 0 Å². The standard InChI is InChI=1S/C13H22N2/c1-3-12(9-14)8-11(2)4-5-13-6-7-15-10-13/h9-10,15H,2-8,14H2,1H3/b12-9-. The normalized spacial score (nSPS) is 16.1. The van der Waals surface area contributed by atoms with Crippen LogP contribution in [-0.2, 0) is 0 Å². The van der Waals surface area contributed by atoms with Crippen LogP contribution in [0.1, 0.15) is 39.0 Å². The second kappa shape index (κ2) is 6.33. The van der Waals surface area contributed by atoms with Crippen LogP contribution in [0.25, 0.3) is 0 Å². The van der Waals surface area contributed by atoms with Crippen molar-refractivity contribution in [2.75, 3.05) is 6.54 Å². The summed E-state index contributed by atoms with van der Waals surface area (Å²) < 4.78 is 0. The van der Waals surface area contributed by atoms with E-state index in [1.807, 2.05) is 0 Å². The quantitative estimate of drug-likeness (QED) is 0.656. The predicted molar refractivity (Wildman–Crippen MR) is 66.3 cm³/mol. The molecule has 1 rings (SSSR count). The molecule has 0 bridgehead atoms. The first kappa shape index (κ1) is 11.9. The highest BCUT2D eigenvalue weighted by molar-refractivity contribution is 5.15. The zero-order valence-corrected chi connectivity index (χ0v) is 9.68. The molecule has 0 saturated heterocycles. The zero-order valence-electron chi connectivity index (χ0n) is 9.68. The van der Waals surface area contributed by atoms with Crippen LogP contribution in [0.3, 0.4) is 0 Å². The molecule has 3 N–H and O–H groups in total. The smallest absolute Gasteiger partial charge is 0.0179 e. The Morgan fingerprint density at radius 1 is 1.67 bits per heavy atom. The van der Waals surface area contributed by atoms with Crippen LogP contribution in [0, 0.1) is 0 Å². The second-order valence-electron chi connectivity index (χ2n) is 4.11. The summed E-state index contributed by atoms with van der Waals surface area (Å²) in [4.78, 5) is 0. The van der Waals surface area contributed by atoms with Gasteiger partial charge in [0.2, 0.25) is 0 Å². The van der Waals surface area contributed by atoms with Crippen molar-refractivity contribution in [1.82, 2.24) is 5.32 Å². The van der Waals surface area contributed by atoms with Crippen molar-refractivity contribution in [3.05, 3.63) is 35.7 Å². The fourth-order valence-electron chi connectivity index (χ4n) is 1.77. The maximum absolute atomic E-state index is 5.53. The van der Waals surface area contributed by atoms with Gasteiger partial charge in [-0.25, -0.2) is 0 Å². The van der Waals surface area contributed by atoms with Gasteiger partial charge in [0.05, 0.1) is 0 Å². The molecule has 0 amide bonds. The van der Waals surface area contributed by atoms with E-state index in [4.69, 9.17) is 5.73 Å². The molecule has 0 unspecified atom stereocenters. The molecule has 0 radical (unpaired) electrons. The topological polar surface area (TPSA) is 38.0 Å². The van der Waals surface area contributed by atoms with Crippen LogP contribution in [0.15, 0.2) is 35.7 Å². The minimum atomic E-state index is 0.966. The summed E-state index contributed by atoms with van der Waals surface area (Å²) in [5.41, 5.74) is 9.63. The highest BCUT2D eigenvalue weighted by Gasteiger charge is 2.05. The Morgan fingerprint density at radius 2 is 2.47 bits per heavy atom. The van der Waals surface area contributed by atoms with Crippen molar-refractivity contribution in [1.29, 1.82) is 0 Å². The van der Waals surface area contributed by atoms with E-state index in [-0.39, 0.29) is 0 Å². The molecule has 1 aliphatic rings. The molecule has 0 spiro atoms. The lowest BCUT2D eigenvalue weighted by molar-refractivity contribution is 0.831. The molecular weight excluding hydrogens is 184 g/mol. The SMILES string of the molecule is C=C(CCC1=CNCC1)C/C(=C\N)CC. The summed E-state index contributed by atoms with van der Waals surface area (Å²) in [6.07, 6.45) is 9.29. The number of allylic oxidation sites excluding steroid dienone is 2. The van der Waals surface area contributed by atoms with Gasteiger partial charge in [-0.1, -0.05) is 30.2 Å². The van der Waals surface area contributed by atoms with Gasteiger partial charge >= 0.3 is 0 Å². The van der Waals surface area contributed by atoms with Crippen molar-refractivity contribution in [3.63, 3.8) is 0 Å². The lowest BCUT2D eigenvalue weighted by atomic mass is 9.99. The number of nitrogens with one attached hydrogen (secondary N) is 1. The van der Waals surface area contributed by atoms with Gasteiger partial charge < -0.3 is 11.1 Å². The summed E-state index contributed by atoms with van der Waals surface area (Å²) in [7, 11) is 0. The van der Waals surface area contributed by atoms with Gasteiger partial charge in [0.1, 0.15) is 0 Å². The summed E-state index contributed by atoms with van der Waals surface area (Å²) in [6.45, 7) is 7.34. The molecule has 0 saturated carbocycles. The van der Waals surface area contributed by atoms with E-state index < -0.39 is 0 Å². The van der Waals surface area contributed by atoms with E-state index in [2.05, 4.69) is 25.0 Å². The first-order chi connectivity index (χ1) is 7.26. The first-order valence-electron chi connectivity index (χ1n) is 5.73. The van der Waals surface area contributed by atoms with Crippen molar-refractivity contribution >= 4 is 0 Å². The number of nitrogens with two attached hydrogens (primary N) is 1. The second-order valence-corrected chi connectivity index (χ2v) is 4.11. The number of hydrogen-bond acceptors (Lipinski definition) is 2. The summed E-state index contributed by atoms with van der Waals surface area (Å²) in [6, 6.07) is 0. The van der Waals surface area contributed by atoms with E-state index in [0.29, 0.717) is 0 Å². The fourth-order valence-corrected chi connectivity index (χ4v) is 1.77. The molecule has 0 fully saturated rings. The van der Waals surface area contributed by atoms with Crippen molar-refractivity contribution < 1.29 is 0 Å². The molecule has 0 aromatic rings. The first-order valence-corrected chi connectivity index (χ1v) is 5.73. The minimum Gasteiger partial charge on any atom is -0.405 e. The lowest BCUT2D eigenvalue weighted by Gasteiger charge is -2.07. The maximum Gasteiger partial charge on any atom is 0.0179 e. The van der Waals surface area contributed by atoms with Crippen LogP contribution >= 0.6 is 0 Å². The van der Waals surface area contributed by atoms with Crippen molar-refractivity contribution in [3.8, 4) is 0 Å². The largest absolute Gasteiger partial charge is 0.405 e. The van der Waals surface area contributed by atoms with Crippen LogP contribution in [0.2, 0.25) is 0 Å². The molecule has 0 atom stereocenters.